The lowest BCUT2D eigenvalue weighted by molar-refractivity contribution is -0.197. The number of hydrazine groups is 1. The van der Waals surface area contributed by atoms with Crippen molar-refractivity contribution in [3.63, 3.8) is 0 Å². The molecule has 8 heteroatoms. The summed E-state index contributed by atoms with van der Waals surface area (Å²) in [5, 5.41) is 2.08. The highest BCUT2D eigenvalue weighted by Crippen LogP contribution is 2.68. The third-order valence-corrected chi connectivity index (χ3v) is 12.6. The Kier molecular flexibility index (Phi) is 9.11. The Bertz CT molecular complexity index is 982. The SMILES string of the molecule is CC(=O)O[C@@H]1CC[C@@]2(C)[C@@H](C1)C[C@@H](OC(C)=O)[C@@H]1[C@@H]2CC[C@]2(C)[C@@H]([C@H](C)CCC(=O)NN3CCN(C)CC3)CC[C@@H]12. The van der Waals surface area contributed by atoms with Crippen molar-refractivity contribution in [2.45, 2.75) is 111 Å². The van der Waals surface area contributed by atoms with Gasteiger partial charge in [-0.25, -0.2) is 5.01 Å². The molecule has 5 fully saturated rings. The van der Waals surface area contributed by atoms with Crippen LogP contribution in [0.1, 0.15) is 98.8 Å². The zero-order chi connectivity index (χ0) is 29.5. The third-order valence-electron chi connectivity index (χ3n) is 12.6. The molecule has 1 amide bonds. The monoisotopic (exact) mass is 573 g/mol. The van der Waals surface area contributed by atoms with E-state index >= 15 is 0 Å². The largest absolute Gasteiger partial charge is 0.463 e. The molecule has 0 radical (unpaired) electrons. The normalized spacial score (nSPS) is 41.9. The van der Waals surface area contributed by atoms with Gasteiger partial charge in [-0.1, -0.05) is 20.8 Å². The lowest BCUT2D eigenvalue weighted by Crippen LogP contribution is -2.59. The maximum absolute atomic E-state index is 12.8. The van der Waals surface area contributed by atoms with E-state index < -0.39 is 0 Å². The Labute approximate surface area is 247 Å². The Morgan fingerprint density at radius 2 is 1.54 bits per heavy atom. The first-order valence-corrected chi connectivity index (χ1v) is 16.5. The average molecular weight is 574 g/mol. The fraction of sp³-hybridized carbons (Fsp3) is 0.909. The smallest absolute Gasteiger partial charge is 0.302 e. The molecule has 1 aliphatic heterocycles. The van der Waals surface area contributed by atoms with Gasteiger partial charge in [-0.05, 0) is 105 Å². The number of hydrogen-bond donors (Lipinski definition) is 1. The molecule has 232 valence electrons. The van der Waals surface area contributed by atoms with E-state index in [0.717, 1.165) is 58.3 Å². The van der Waals surface area contributed by atoms with Crippen molar-refractivity contribution in [3.05, 3.63) is 0 Å². The quantitative estimate of drug-likeness (QED) is 0.437. The Morgan fingerprint density at radius 3 is 2.22 bits per heavy atom. The summed E-state index contributed by atoms with van der Waals surface area (Å²) in [6, 6.07) is 0. The molecular weight excluding hydrogens is 518 g/mol. The van der Waals surface area contributed by atoms with E-state index in [4.69, 9.17) is 9.47 Å². The number of nitrogens with zero attached hydrogens (tertiary/aromatic N) is 2. The summed E-state index contributed by atoms with van der Waals surface area (Å²) in [6.45, 7) is 14.2. The number of likely N-dealkylation sites (N-methyl/N-ethyl adjacent to an activating group) is 1. The molecule has 41 heavy (non-hydrogen) atoms. The standard InChI is InChI=1S/C33H55N3O5/c1-21(7-10-30(39)34-36-17-15-35(6)16-18-36)26-8-9-27-31-28(12-14-33(26,27)5)32(4)13-11-25(40-22(2)37)19-24(32)20-29(31)41-23(3)38/h21,24-29,31H,7-20H2,1-6H3,(H,34,39)/t21-,24+,25-,26-,27+,28+,29-,31+,32+,33-/m1/s1. The van der Waals surface area contributed by atoms with Crippen LogP contribution in [0.25, 0.3) is 0 Å². The van der Waals surface area contributed by atoms with Crippen LogP contribution in [-0.4, -0.2) is 73.2 Å². The predicted octanol–water partition coefficient (Wildman–Crippen LogP) is 4.81. The van der Waals surface area contributed by atoms with Gasteiger partial charge in [-0.2, -0.15) is 0 Å². The van der Waals surface area contributed by atoms with Gasteiger partial charge in [0.05, 0.1) is 0 Å². The minimum atomic E-state index is -0.194. The summed E-state index contributed by atoms with van der Waals surface area (Å²) < 4.78 is 11.8. The van der Waals surface area contributed by atoms with Gasteiger partial charge in [0.2, 0.25) is 5.91 Å². The molecule has 5 rings (SSSR count). The fourth-order valence-electron chi connectivity index (χ4n) is 10.5. The lowest BCUT2D eigenvalue weighted by Gasteiger charge is -2.62. The number of hydrogen-bond acceptors (Lipinski definition) is 7. The van der Waals surface area contributed by atoms with Crippen molar-refractivity contribution >= 4 is 17.8 Å². The highest BCUT2D eigenvalue weighted by molar-refractivity contribution is 5.75. The molecule has 0 unspecified atom stereocenters. The van der Waals surface area contributed by atoms with Crippen LogP contribution in [0.4, 0.5) is 0 Å². The molecule has 1 N–H and O–H groups in total. The molecule has 10 atom stereocenters. The Balaban J connectivity index is 1.26. The molecule has 0 aromatic carbocycles. The van der Waals surface area contributed by atoms with Crippen molar-refractivity contribution in [3.8, 4) is 0 Å². The van der Waals surface area contributed by atoms with E-state index in [2.05, 4.69) is 43.2 Å². The van der Waals surface area contributed by atoms with Crippen LogP contribution in [0.15, 0.2) is 0 Å². The predicted molar refractivity (Wildman–Crippen MR) is 157 cm³/mol. The van der Waals surface area contributed by atoms with Crippen molar-refractivity contribution in [1.82, 2.24) is 15.3 Å². The van der Waals surface area contributed by atoms with Crippen molar-refractivity contribution < 1.29 is 23.9 Å². The second-order valence-electron chi connectivity index (χ2n) is 15.0. The van der Waals surface area contributed by atoms with Crippen LogP contribution in [0.2, 0.25) is 0 Å². The van der Waals surface area contributed by atoms with Crippen LogP contribution in [0, 0.1) is 46.3 Å². The van der Waals surface area contributed by atoms with Crippen molar-refractivity contribution in [2.75, 3.05) is 33.2 Å². The summed E-state index contributed by atoms with van der Waals surface area (Å²) in [5.41, 5.74) is 3.56. The van der Waals surface area contributed by atoms with Crippen molar-refractivity contribution in [2.24, 2.45) is 46.3 Å². The van der Waals surface area contributed by atoms with Crippen LogP contribution in [0.3, 0.4) is 0 Å². The first-order valence-electron chi connectivity index (χ1n) is 16.5. The first-order chi connectivity index (χ1) is 19.4. The molecule has 8 nitrogen and oxygen atoms in total. The molecule has 0 bridgehead atoms. The maximum Gasteiger partial charge on any atom is 0.302 e. The number of carbonyl (C=O) groups excluding carboxylic acids is 3. The van der Waals surface area contributed by atoms with Crippen LogP contribution in [0.5, 0.6) is 0 Å². The maximum atomic E-state index is 12.8. The zero-order valence-electron chi connectivity index (χ0n) is 26.5. The summed E-state index contributed by atoms with van der Waals surface area (Å²) in [6.07, 6.45) is 9.99. The van der Waals surface area contributed by atoms with E-state index in [1.807, 2.05) is 0 Å². The number of fused-ring (bicyclic) bond motifs is 5. The molecule has 4 saturated carbocycles. The van der Waals surface area contributed by atoms with Crippen molar-refractivity contribution in [1.29, 1.82) is 0 Å². The Hall–Kier alpha value is -1.67. The minimum Gasteiger partial charge on any atom is -0.463 e. The number of piperazine rings is 1. The molecule has 4 aliphatic carbocycles. The second kappa shape index (κ2) is 12.1. The van der Waals surface area contributed by atoms with E-state index in [1.165, 1.54) is 32.6 Å². The van der Waals surface area contributed by atoms with E-state index in [-0.39, 0.29) is 40.9 Å². The van der Waals surface area contributed by atoms with Gasteiger partial charge >= 0.3 is 11.9 Å². The van der Waals surface area contributed by atoms with Gasteiger partial charge in [-0.15, -0.1) is 0 Å². The average Bonchev–Trinajstić information content (AvgIpc) is 3.26. The third kappa shape index (κ3) is 6.20. The summed E-state index contributed by atoms with van der Waals surface area (Å²) in [4.78, 5) is 39.2. The molecule has 0 spiro atoms. The van der Waals surface area contributed by atoms with Crippen LogP contribution < -0.4 is 5.43 Å². The van der Waals surface area contributed by atoms with Gasteiger partial charge in [0, 0.05) is 52.4 Å². The van der Waals surface area contributed by atoms with Crippen LogP contribution >= 0.6 is 0 Å². The number of amides is 1. The van der Waals surface area contributed by atoms with Gasteiger partial charge in [-0.3, -0.25) is 19.8 Å². The van der Waals surface area contributed by atoms with Gasteiger partial charge in [0.25, 0.3) is 0 Å². The van der Waals surface area contributed by atoms with E-state index in [0.29, 0.717) is 41.9 Å². The molecule has 0 aromatic rings. The van der Waals surface area contributed by atoms with E-state index in [1.54, 1.807) is 6.92 Å². The minimum absolute atomic E-state index is 0.0147. The topological polar surface area (TPSA) is 88.2 Å². The van der Waals surface area contributed by atoms with Crippen LogP contribution in [-0.2, 0) is 23.9 Å². The zero-order valence-corrected chi connectivity index (χ0v) is 26.5. The van der Waals surface area contributed by atoms with Gasteiger partial charge < -0.3 is 14.4 Å². The van der Waals surface area contributed by atoms with Gasteiger partial charge in [0.1, 0.15) is 12.2 Å². The molecule has 1 heterocycles. The second-order valence-corrected chi connectivity index (χ2v) is 15.0. The fourth-order valence-corrected chi connectivity index (χ4v) is 10.5. The number of carbonyl (C=O) groups is 3. The molecule has 0 aromatic heterocycles. The summed E-state index contributed by atoms with van der Waals surface area (Å²) in [7, 11) is 2.13. The number of rotatable bonds is 7. The summed E-state index contributed by atoms with van der Waals surface area (Å²) >= 11 is 0. The highest BCUT2D eigenvalue weighted by atomic mass is 16.5. The summed E-state index contributed by atoms with van der Waals surface area (Å²) in [5.74, 6) is 2.73. The Morgan fingerprint density at radius 1 is 0.878 bits per heavy atom. The molecule has 5 aliphatic rings. The molecule has 1 saturated heterocycles. The number of esters is 2. The van der Waals surface area contributed by atoms with Gasteiger partial charge in [0.15, 0.2) is 0 Å². The molecular formula is C33H55N3O5. The van der Waals surface area contributed by atoms with E-state index in [9.17, 15) is 14.4 Å². The first kappa shape index (κ1) is 30.8. The lowest BCUT2D eigenvalue weighted by atomic mass is 9.43. The highest BCUT2D eigenvalue weighted by Gasteiger charge is 2.64. The number of nitrogens with one attached hydrogen (secondary N) is 1. The number of ether oxygens (including phenoxy) is 2.